The zero-order chi connectivity index (χ0) is 19.6. The Morgan fingerprint density at radius 3 is 2.89 bits per heavy atom. The van der Waals surface area contributed by atoms with Gasteiger partial charge in [-0.1, -0.05) is 13.8 Å². The molecule has 1 aliphatic heterocycles. The number of nitrogens with zero attached hydrogens (tertiary/aromatic N) is 1. The van der Waals surface area contributed by atoms with Gasteiger partial charge in [0.15, 0.2) is 0 Å². The molecule has 0 bridgehead atoms. The summed E-state index contributed by atoms with van der Waals surface area (Å²) in [4.78, 5) is 14.9. The second-order valence-corrected chi connectivity index (χ2v) is 7.64. The summed E-state index contributed by atoms with van der Waals surface area (Å²) in [5, 5.41) is 11.2. The molecule has 1 aromatic carbocycles. The van der Waals surface area contributed by atoms with Crippen LogP contribution in [-0.2, 0) is 6.61 Å². The van der Waals surface area contributed by atoms with Gasteiger partial charge in [-0.25, -0.2) is 9.78 Å². The lowest BCUT2D eigenvalue weighted by Gasteiger charge is -2.27. The number of amides is 1. The van der Waals surface area contributed by atoms with Crippen molar-refractivity contribution in [1.29, 1.82) is 0 Å². The molecule has 1 amide bonds. The molecule has 2 aromatic rings. The van der Waals surface area contributed by atoms with Crippen LogP contribution in [0.5, 0.6) is 11.5 Å². The fraction of sp³-hybridized carbons (Fsp3) is 0.400. The van der Waals surface area contributed by atoms with Gasteiger partial charge < -0.3 is 20.3 Å². The van der Waals surface area contributed by atoms with E-state index in [1.165, 1.54) is 0 Å². The van der Waals surface area contributed by atoms with Crippen LogP contribution >= 0.6 is 0 Å². The number of benzene rings is 1. The minimum absolute atomic E-state index is 0.280. The highest BCUT2D eigenvalue weighted by Crippen LogP contribution is 2.40. The Balaban J connectivity index is 1.80. The maximum atomic E-state index is 10.8. The van der Waals surface area contributed by atoms with Crippen LogP contribution in [-0.4, -0.2) is 28.3 Å². The first-order valence-electron chi connectivity index (χ1n) is 8.91. The van der Waals surface area contributed by atoms with Crippen LogP contribution in [0.15, 0.2) is 30.5 Å². The predicted molar refractivity (Wildman–Crippen MR) is 103 cm³/mol. The number of ether oxygens (including phenoxy) is 2. The lowest BCUT2D eigenvalue weighted by atomic mass is 9.93. The molecule has 0 spiro atoms. The molecule has 0 aliphatic carbocycles. The first-order chi connectivity index (χ1) is 12.7. The van der Waals surface area contributed by atoms with E-state index < -0.39 is 11.6 Å². The maximum Gasteiger partial charge on any atom is 0.410 e. The number of hydrogen-bond donors (Lipinski definition) is 3. The van der Waals surface area contributed by atoms with E-state index in [0.29, 0.717) is 30.6 Å². The standard InChI is InChI=1S/C20H25N3O4/c1-12(2)8-20(3,21)11-27-14-4-5-15-16-7-18(23-19(24)25)22-9-13(16)10-26-17(15)6-14/h4-7,9,12H,8,10-11,21H2,1-3H3,(H,22,23)(H,24,25)/t20-/m0/s1. The molecule has 1 aromatic heterocycles. The van der Waals surface area contributed by atoms with Crippen molar-refractivity contribution in [3.05, 3.63) is 36.0 Å². The van der Waals surface area contributed by atoms with E-state index in [-0.39, 0.29) is 5.82 Å². The molecule has 0 unspecified atom stereocenters. The molecule has 0 radical (unpaired) electrons. The van der Waals surface area contributed by atoms with Crippen molar-refractivity contribution in [2.45, 2.75) is 39.3 Å². The van der Waals surface area contributed by atoms with Crippen LogP contribution in [0.1, 0.15) is 32.8 Å². The van der Waals surface area contributed by atoms with Gasteiger partial charge in [-0.15, -0.1) is 0 Å². The van der Waals surface area contributed by atoms with Crippen molar-refractivity contribution in [2.24, 2.45) is 11.7 Å². The summed E-state index contributed by atoms with van der Waals surface area (Å²) < 4.78 is 11.7. The molecule has 1 atom stereocenters. The Labute approximate surface area is 158 Å². The molecular weight excluding hydrogens is 346 g/mol. The van der Waals surface area contributed by atoms with Crippen molar-refractivity contribution in [3.63, 3.8) is 0 Å². The monoisotopic (exact) mass is 371 g/mol. The van der Waals surface area contributed by atoms with Gasteiger partial charge in [0.2, 0.25) is 0 Å². The number of carboxylic acid groups (broad SMARTS) is 1. The highest BCUT2D eigenvalue weighted by atomic mass is 16.5. The SMILES string of the molecule is CC(C)C[C@](C)(N)COc1ccc2c(c1)OCc1cnc(NC(=O)O)cc1-2. The molecule has 0 fully saturated rings. The molecule has 144 valence electrons. The van der Waals surface area contributed by atoms with Gasteiger partial charge >= 0.3 is 6.09 Å². The van der Waals surface area contributed by atoms with Gasteiger partial charge in [-0.2, -0.15) is 0 Å². The summed E-state index contributed by atoms with van der Waals surface area (Å²) in [6.45, 7) is 7.04. The van der Waals surface area contributed by atoms with Crippen LogP contribution in [0.2, 0.25) is 0 Å². The minimum atomic E-state index is -1.15. The zero-order valence-corrected chi connectivity index (χ0v) is 15.8. The topological polar surface area (TPSA) is 107 Å². The van der Waals surface area contributed by atoms with Gasteiger partial charge in [0.05, 0.1) is 0 Å². The summed E-state index contributed by atoms with van der Waals surface area (Å²) in [6, 6.07) is 7.33. The van der Waals surface area contributed by atoms with Gasteiger partial charge in [0, 0.05) is 28.9 Å². The Hall–Kier alpha value is -2.80. The number of fused-ring (bicyclic) bond motifs is 3. The Morgan fingerprint density at radius 1 is 1.41 bits per heavy atom. The molecular formula is C20H25N3O4. The zero-order valence-electron chi connectivity index (χ0n) is 15.8. The summed E-state index contributed by atoms with van der Waals surface area (Å²) >= 11 is 0. The summed E-state index contributed by atoms with van der Waals surface area (Å²) in [5.41, 5.74) is 8.57. The van der Waals surface area contributed by atoms with Crippen LogP contribution in [0.25, 0.3) is 11.1 Å². The van der Waals surface area contributed by atoms with Gasteiger partial charge in [-0.3, -0.25) is 5.32 Å². The number of aromatic nitrogens is 1. The van der Waals surface area contributed by atoms with Crippen LogP contribution in [0, 0.1) is 5.92 Å². The molecule has 7 heteroatoms. The van der Waals surface area contributed by atoms with Gasteiger partial charge in [0.1, 0.15) is 30.5 Å². The smallest absolute Gasteiger partial charge is 0.410 e. The number of pyridine rings is 1. The number of anilines is 1. The first kappa shape index (κ1) is 19.0. The summed E-state index contributed by atoms with van der Waals surface area (Å²) in [6.07, 6.45) is 1.35. The lowest BCUT2D eigenvalue weighted by molar-refractivity contribution is 0.205. The van der Waals surface area contributed by atoms with Crippen LogP contribution < -0.4 is 20.5 Å². The Bertz CT molecular complexity index is 849. The Morgan fingerprint density at radius 2 is 2.19 bits per heavy atom. The molecule has 27 heavy (non-hydrogen) atoms. The summed E-state index contributed by atoms with van der Waals surface area (Å²) in [7, 11) is 0. The van der Waals surface area contributed by atoms with E-state index >= 15 is 0 Å². The molecule has 4 N–H and O–H groups in total. The van der Waals surface area contributed by atoms with E-state index in [1.807, 2.05) is 25.1 Å². The minimum Gasteiger partial charge on any atom is -0.492 e. The Kier molecular flexibility index (Phi) is 5.23. The third-order valence-electron chi connectivity index (χ3n) is 4.29. The third-order valence-corrected chi connectivity index (χ3v) is 4.29. The van der Waals surface area contributed by atoms with E-state index in [4.69, 9.17) is 20.3 Å². The highest BCUT2D eigenvalue weighted by Gasteiger charge is 2.23. The second kappa shape index (κ2) is 7.44. The largest absolute Gasteiger partial charge is 0.492 e. The maximum absolute atomic E-state index is 10.8. The molecule has 0 saturated heterocycles. The number of rotatable bonds is 6. The van der Waals surface area contributed by atoms with Gasteiger partial charge in [-0.05, 0) is 43.0 Å². The molecule has 7 nitrogen and oxygen atoms in total. The van der Waals surface area contributed by atoms with E-state index in [2.05, 4.69) is 24.1 Å². The number of hydrogen-bond acceptors (Lipinski definition) is 5. The second-order valence-electron chi connectivity index (χ2n) is 7.64. The van der Waals surface area contributed by atoms with Gasteiger partial charge in [0.25, 0.3) is 0 Å². The number of nitrogens with one attached hydrogen (secondary N) is 1. The first-order valence-corrected chi connectivity index (χ1v) is 8.91. The average Bonchev–Trinajstić information content (AvgIpc) is 2.58. The fourth-order valence-electron chi connectivity index (χ4n) is 3.36. The van der Waals surface area contributed by atoms with E-state index in [9.17, 15) is 4.79 Å². The molecule has 2 heterocycles. The molecule has 1 aliphatic rings. The van der Waals surface area contributed by atoms with E-state index in [1.54, 1.807) is 12.3 Å². The fourth-order valence-corrected chi connectivity index (χ4v) is 3.36. The van der Waals surface area contributed by atoms with Crippen molar-refractivity contribution >= 4 is 11.9 Å². The number of carbonyl (C=O) groups is 1. The predicted octanol–water partition coefficient (Wildman–Crippen LogP) is 3.87. The highest BCUT2D eigenvalue weighted by molar-refractivity contribution is 5.84. The number of nitrogens with two attached hydrogens (primary N) is 1. The average molecular weight is 371 g/mol. The van der Waals surface area contributed by atoms with Crippen molar-refractivity contribution < 1.29 is 19.4 Å². The normalized spacial score (nSPS) is 14.6. The lowest BCUT2D eigenvalue weighted by Crippen LogP contribution is -2.43. The molecule has 0 saturated carbocycles. The summed E-state index contributed by atoms with van der Waals surface area (Å²) in [5.74, 6) is 2.15. The third kappa shape index (κ3) is 4.68. The van der Waals surface area contributed by atoms with Crippen LogP contribution in [0.4, 0.5) is 10.6 Å². The van der Waals surface area contributed by atoms with E-state index in [0.717, 1.165) is 23.1 Å². The van der Waals surface area contributed by atoms with Crippen LogP contribution in [0.3, 0.4) is 0 Å². The quantitative estimate of drug-likeness (QED) is 0.711. The van der Waals surface area contributed by atoms with Crippen molar-refractivity contribution in [3.8, 4) is 22.6 Å². The van der Waals surface area contributed by atoms with Crippen molar-refractivity contribution in [1.82, 2.24) is 4.98 Å². The molecule has 3 rings (SSSR count). The van der Waals surface area contributed by atoms with Crippen molar-refractivity contribution in [2.75, 3.05) is 11.9 Å².